The maximum Gasteiger partial charge on any atom is 0.328 e. The summed E-state index contributed by atoms with van der Waals surface area (Å²) >= 11 is 0. The topological polar surface area (TPSA) is 74.6 Å². The van der Waals surface area contributed by atoms with Crippen LogP contribution in [-0.4, -0.2) is 22.2 Å². The maximum atomic E-state index is 9.75. The first kappa shape index (κ1) is 21.1. The third-order valence-electron chi connectivity index (χ3n) is 1.08. The van der Waals surface area contributed by atoms with Crippen LogP contribution >= 0.6 is 0 Å². The first-order valence-corrected chi connectivity index (χ1v) is 4.59. The maximum absolute atomic E-state index is 9.75. The average Bonchev–Trinajstić information content (AvgIpc) is 2.18. The van der Waals surface area contributed by atoms with Crippen LogP contribution in [0.3, 0.4) is 0 Å². The summed E-state index contributed by atoms with van der Waals surface area (Å²) in [5.41, 5.74) is 0. The van der Waals surface area contributed by atoms with Gasteiger partial charge in [0, 0.05) is 39.5 Å². The molecular formula is C12H16CdO4. The predicted molar refractivity (Wildman–Crippen MR) is 63.2 cm³/mol. The second-order valence-electron chi connectivity index (χ2n) is 2.45. The SMILES string of the molecule is C/C=C/C=C/C(=O)O.C/C=C/C=C/C(=O)O.[Cd]. The van der Waals surface area contributed by atoms with Crippen molar-refractivity contribution in [1.82, 2.24) is 0 Å². The number of carboxylic acid groups (broad SMARTS) is 2. The van der Waals surface area contributed by atoms with Gasteiger partial charge in [0.05, 0.1) is 0 Å². The molecule has 0 amide bonds. The Bertz CT molecular complexity index is 282. The molecule has 0 aliphatic rings. The second kappa shape index (κ2) is 17.2. The smallest absolute Gasteiger partial charge is 0.328 e. The molecule has 0 heterocycles. The van der Waals surface area contributed by atoms with Crippen LogP contribution in [0.2, 0.25) is 0 Å². The zero-order valence-electron chi connectivity index (χ0n) is 10.0. The molecule has 0 radical (unpaired) electrons. The van der Waals surface area contributed by atoms with E-state index >= 15 is 0 Å². The Labute approximate surface area is 121 Å². The molecule has 0 saturated heterocycles. The molecule has 0 spiro atoms. The van der Waals surface area contributed by atoms with Gasteiger partial charge in [-0.1, -0.05) is 36.5 Å². The number of allylic oxidation sites excluding steroid dienone is 6. The van der Waals surface area contributed by atoms with Crippen molar-refractivity contribution >= 4 is 11.9 Å². The monoisotopic (exact) mass is 338 g/mol. The van der Waals surface area contributed by atoms with E-state index in [-0.39, 0.29) is 27.3 Å². The summed E-state index contributed by atoms with van der Waals surface area (Å²) in [7, 11) is 0. The van der Waals surface area contributed by atoms with Gasteiger partial charge in [0.2, 0.25) is 0 Å². The summed E-state index contributed by atoms with van der Waals surface area (Å²) in [6, 6.07) is 0. The molecule has 0 saturated carbocycles. The molecule has 0 aromatic carbocycles. The fourth-order valence-corrected chi connectivity index (χ4v) is 0.498. The van der Waals surface area contributed by atoms with Crippen molar-refractivity contribution in [3.63, 3.8) is 0 Å². The van der Waals surface area contributed by atoms with Gasteiger partial charge in [-0.2, -0.15) is 0 Å². The standard InChI is InChI=1S/2C6H8O2.Cd/c2*1-2-3-4-5-6(7)8;/h2*2-5H,1H3,(H,7,8);/b2*3-2+,5-4+;. The first-order valence-electron chi connectivity index (χ1n) is 4.59. The number of aliphatic carboxylic acids is 2. The van der Waals surface area contributed by atoms with Crippen molar-refractivity contribution < 1.29 is 47.1 Å². The summed E-state index contributed by atoms with van der Waals surface area (Å²) in [6.07, 6.45) is 12.0. The van der Waals surface area contributed by atoms with Crippen LogP contribution < -0.4 is 0 Å². The molecule has 0 atom stereocenters. The van der Waals surface area contributed by atoms with Crippen LogP contribution in [0.25, 0.3) is 0 Å². The zero-order chi connectivity index (χ0) is 12.8. The molecule has 90 valence electrons. The quantitative estimate of drug-likeness (QED) is 0.470. The predicted octanol–water partition coefficient (Wildman–Crippen LogP) is 2.40. The van der Waals surface area contributed by atoms with Crippen LogP contribution in [0.4, 0.5) is 0 Å². The van der Waals surface area contributed by atoms with E-state index in [1.165, 1.54) is 12.2 Å². The zero-order valence-corrected chi connectivity index (χ0v) is 14.1. The van der Waals surface area contributed by atoms with Gasteiger partial charge in [0.15, 0.2) is 0 Å². The van der Waals surface area contributed by atoms with Gasteiger partial charge in [-0.25, -0.2) is 9.59 Å². The normalized spacial score (nSPS) is 10.5. The molecule has 4 nitrogen and oxygen atoms in total. The van der Waals surface area contributed by atoms with Gasteiger partial charge in [0.1, 0.15) is 0 Å². The summed E-state index contributed by atoms with van der Waals surface area (Å²) in [5.74, 6) is -1.83. The molecule has 5 heteroatoms. The summed E-state index contributed by atoms with van der Waals surface area (Å²) in [5, 5.41) is 16.0. The van der Waals surface area contributed by atoms with E-state index in [0.717, 1.165) is 12.2 Å². The number of hydrogen-bond donors (Lipinski definition) is 2. The van der Waals surface area contributed by atoms with E-state index in [1.54, 1.807) is 24.3 Å². The molecule has 17 heavy (non-hydrogen) atoms. The minimum absolute atomic E-state index is 0. The van der Waals surface area contributed by atoms with Gasteiger partial charge < -0.3 is 10.2 Å². The average molecular weight is 337 g/mol. The van der Waals surface area contributed by atoms with Crippen molar-refractivity contribution in [2.75, 3.05) is 0 Å². The largest absolute Gasteiger partial charge is 0.478 e. The van der Waals surface area contributed by atoms with Crippen LogP contribution in [0, 0.1) is 0 Å². The van der Waals surface area contributed by atoms with E-state index in [9.17, 15) is 9.59 Å². The number of hydrogen-bond acceptors (Lipinski definition) is 2. The van der Waals surface area contributed by atoms with E-state index in [1.807, 2.05) is 13.8 Å². The molecule has 0 aliphatic carbocycles. The van der Waals surface area contributed by atoms with E-state index in [2.05, 4.69) is 0 Å². The van der Waals surface area contributed by atoms with Gasteiger partial charge >= 0.3 is 11.9 Å². The van der Waals surface area contributed by atoms with Crippen LogP contribution in [-0.2, 0) is 36.9 Å². The minimum Gasteiger partial charge on any atom is -0.478 e. The van der Waals surface area contributed by atoms with Crippen LogP contribution in [0.5, 0.6) is 0 Å². The van der Waals surface area contributed by atoms with Gasteiger partial charge in [-0.3, -0.25) is 0 Å². The first-order chi connectivity index (χ1) is 7.54. The molecule has 0 fully saturated rings. The van der Waals surface area contributed by atoms with Crippen molar-refractivity contribution in [2.45, 2.75) is 13.8 Å². The van der Waals surface area contributed by atoms with E-state index < -0.39 is 11.9 Å². The summed E-state index contributed by atoms with van der Waals surface area (Å²) in [6.45, 7) is 3.65. The number of rotatable bonds is 4. The molecule has 0 aromatic rings. The Hall–Kier alpha value is -1.18. The molecule has 2 N–H and O–H groups in total. The molecule has 0 aliphatic heterocycles. The number of carbonyl (C=O) groups is 2. The Balaban J connectivity index is -0.000000218. The minimum atomic E-state index is -0.914. The van der Waals surface area contributed by atoms with Crippen LogP contribution in [0.1, 0.15) is 13.8 Å². The Kier molecular flexibility index (Phi) is 21.4. The van der Waals surface area contributed by atoms with Crippen molar-refractivity contribution in [2.24, 2.45) is 0 Å². The van der Waals surface area contributed by atoms with E-state index in [0.29, 0.717) is 0 Å². The molecule has 0 aromatic heterocycles. The number of carboxylic acids is 2. The summed E-state index contributed by atoms with van der Waals surface area (Å²) in [4.78, 5) is 19.5. The fraction of sp³-hybridized carbons (Fsp3) is 0.167. The second-order valence-corrected chi connectivity index (χ2v) is 2.45. The van der Waals surface area contributed by atoms with Gasteiger partial charge in [0.25, 0.3) is 0 Å². The Morgan fingerprint density at radius 3 is 1.24 bits per heavy atom. The van der Waals surface area contributed by atoms with Crippen LogP contribution in [0.15, 0.2) is 48.6 Å². The third kappa shape index (κ3) is 31.3. The molecule has 0 rings (SSSR count). The fourth-order valence-electron chi connectivity index (χ4n) is 0.498. The van der Waals surface area contributed by atoms with Crippen molar-refractivity contribution in [3.8, 4) is 0 Å². The summed E-state index contributed by atoms with van der Waals surface area (Å²) < 4.78 is 0. The molecule has 0 unspecified atom stereocenters. The van der Waals surface area contributed by atoms with E-state index in [4.69, 9.17) is 10.2 Å². The third-order valence-corrected chi connectivity index (χ3v) is 1.08. The molecule has 0 bridgehead atoms. The Morgan fingerprint density at radius 2 is 1.06 bits per heavy atom. The van der Waals surface area contributed by atoms with Gasteiger partial charge in [-0.05, 0) is 13.8 Å². The molecular weight excluding hydrogens is 321 g/mol. The van der Waals surface area contributed by atoms with Gasteiger partial charge in [-0.15, -0.1) is 0 Å². The Morgan fingerprint density at radius 1 is 0.765 bits per heavy atom. The van der Waals surface area contributed by atoms with Crippen molar-refractivity contribution in [3.05, 3.63) is 48.6 Å². The van der Waals surface area contributed by atoms with Crippen molar-refractivity contribution in [1.29, 1.82) is 0 Å².